The topological polar surface area (TPSA) is 9.23 Å². The van der Waals surface area contributed by atoms with Crippen molar-refractivity contribution in [2.75, 3.05) is 6.61 Å². The number of ether oxygens (including phenoxy) is 1. The van der Waals surface area contributed by atoms with Crippen LogP contribution < -0.4 is 4.74 Å². The number of unbranched alkanes of at least 4 members (excludes halogenated alkanes) is 2. The van der Waals surface area contributed by atoms with E-state index in [4.69, 9.17) is 4.74 Å². The van der Waals surface area contributed by atoms with Crippen molar-refractivity contribution >= 4 is 0 Å². The van der Waals surface area contributed by atoms with Crippen LogP contribution in [0.3, 0.4) is 0 Å². The minimum Gasteiger partial charge on any atom is -0.491 e. The van der Waals surface area contributed by atoms with Crippen LogP contribution in [0, 0.1) is 5.82 Å². The molecule has 0 saturated heterocycles. The molecule has 2 aromatic rings. The summed E-state index contributed by atoms with van der Waals surface area (Å²) in [4.78, 5) is 0. The summed E-state index contributed by atoms with van der Waals surface area (Å²) in [6, 6.07) is 13.6. The largest absolute Gasteiger partial charge is 0.491 e. The Hall–Kier alpha value is -1.83. The van der Waals surface area contributed by atoms with Crippen LogP contribution in [0.1, 0.15) is 45.1 Å². The SMILES string of the molecule is CCCCOc1ccc(-c2ccc(CCCC)cc2)cc1F. The Balaban J connectivity index is 2.07. The summed E-state index contributed by atoms with van der Waals surface area (Å²) >= 11 is 0. The zero-order chi connectivity index (χ0) is 15.8. The second-order valence-electron chi connectivity index (χ2n) is 5.65. The van der Waals surface area contributed by atoms with Gasteiger partial charge in [-0.05, 0) is 48.1 Å². The van der Waals surface area contributed by atoms with Crippen molar-refractivity contribution in [3.63, 3.8) is 0 Å². The van der Waals surface area contributed by atoms with Gasteiger partial charge < -0.3 is 4.74 Å². The molecule has 0 atom stereocenters. The molecule has 118 valence electrons. The van der Waals surface area contributed by atoms with Gasteiger partial charge in [-0.3, -0.25) is 0 Å². The average Bonchev–Trinajstić information content (AvgIpc) is 2.55. The lowest BCUT2D eigenvalue weighted by atomic mass is 10.0. The van der Waals surface area contributed by atoms with Gasteiger partial charge in [0.1, 0.15) is 0 Å². The molecular formula is C20H25FO. The summed E-state index contributed by atoms with van der Waals surface area (Å²) in [5, 5.41) is 0. The van der Waals surface area contributed by atoms with Crippen LogP contribution in [-0.2, 0) is 6.42 Å². The van der Waals surface area contributed by atoms with Gasteiger partial charge >= 0.3 is 0 Å². The fourth-order valence-corrected chi connectivity index (χ4v) is 2.37. The van der Waals surface area contributed by atoms with Gasteiger partial charge in [-0.15, -0.1) is 0 Å². The minimum absolute atomic E-state index is 0.288. The van der Waals surface area contributed by atoms with Crippen molar-refractivity contribution in [3.05, 3.63) is 53.8 Å². The Kier molecular flexibility index (Phi) is 6.45. The maximum absolute atomic E-state index is 14.1. The first-order valence-electron chi connectivity index (χ1n) is 8.26. The number of hydrogen-bond acceptors (Lipinski definition) is 1. The van der Waals surface area contributed by atoms with Crippen LogP contribution in [0.25, 0.3) is 11.1 Å². The van der Waals surface area contributed by atoms with Gasteiger partial charge in [-0.2, -0.15) is 0 Å². The first-order valence-corrected chi connectivity index (χ1v) is 8.26. The second kappa shape index (κ2) is 8.57. The molecule has 2 aromatic carbocycles. The van der Waals surface area contributed by atoms with Gasteiger partial charge in [0, 0.05) is 0 Å². The van der Waals surface area contributed by atoms with Crippen molar-refractivity contribution < 1.29 is 9.13 Å². The number of rotatable bonds is 8. The van der Waals surface area contributed by atoms with Gasteiger partial charge in [0.05, 0.1) is 6.61 Å². The predicted octanol–water partition coefficient (Wildman–Crippen LogP) is 6.01. The van der Waals surface area contributed by atoms with E-state index in [0.717, 1.165) is 30.4 Å². The van der Waals surface area contributed by atoms with Crippen LogP contribution in [0.5, 0.6) is 5.75 Å². The molecule has 0 saturated carbocycles. The highest BCUT2D eigenvalue weighted by Crippen LogP contribution is 2.26. The van der Waals surface area contributed by atoms with Gasteiger partial charge in [0.25, 0.3) is 0 Å². The van der Waals surface area contributed by atoms with Crippen molar-refractivity contribution in [3.8, 4) is 16.9 Å². The maximum atomic E-state index is 14.1. The van der Waals surface area contributed by atoms with Crippen LogP contribution in [0.15, 0.2) is 42.5 Å². The van der Waals surface area contributed by atoms with E-state index in [0.29, 0.717) is 12.4 Å². The molecule has 0 aliphatic rings. The Bertz CT molecular complexity index is 575. The highest BCUT2D eigenvalue weighted by atomic mass is 19.1. The number of halogens is 1. The third-order valence-corrected chi connectivity index (χ3v) is 3.79. The van der Waals surface area contributed by atoms with E-state index in [1.54, 1.807) is 12.1 Å². The van der Waals surface area contributed by atoms with Crippen molar-refractivity contribution in [2.45, 2.75) is 46.0 Å². The monoisotopic (exact) mass is 300 g/mol. The summed E-state index contributed by atoms with van der Waals surface area (Å²) in [6.07, 6.45) is 5.50. The van der Waals surface area contributed by atoms with Crippen LogP contribution in [0.2, 0.25) is 0 Å². The summed E-state index contributed by atoms with van der Waals surface area (Å²) < 4.78 is 19.5. The highest BCUT2D eigenvalue weighted by molar-refractivity contribution is 5.64. The Morgan fingerprint density at radius 3 is 2.18 bits per heavy atom. The zero-order valence-corrected chi connectivity index (χ0v) is 13.6. The molecule has 0 amide bonds. The molecular weight excluding hydrogens is 275 g/mol. The molecule has 0 unspecified atom stereocenters. The standard InChI is InChI=1S/C20H25FO/c1-3-5-7-16-8-10-17(11-9-16)18-12-13-20(19(21)15-18)22-14-6-4-2/h8-13,15H,3-7,14H2,1-2H3. The molecule has 22 heavy (non-hydrogen) atoms. The van der Waals surface area contributed by atoms with E-state index < -0.39 is 0 Å². The molecule has 0 aromatic heterocycles. The molecule has 0 N–H and O–H groups in total. The van der Waals surface area contributed by atoms with Crippen molar-refractivity contribution in [1.82, 2.24) is 0 Å². The lowest BCUT2D eigenvalue weighted by Crippen LogP contribution is -1.98. The van der Waals surface area contributed by atoms with Gasteiger partial charge in [-0.25, -0.2) is 4.39 Å². The van der Waals surface area contributed by atoms with E-state index in [-0.39, 0.29) is 5.82 Å². The Labute approximate surface area is 133 Å². The average molecular weight is 300 g/mol. The third kappa shape index (κ3) is 4.59. The first-order chi connectivity index (χ1) is 10.7. The quantitative estimate of drug-likeness (QED) is 0.542. The number of benzene rings is 2. The normalized spacial score (nSPS) is 10.7. The first kappa shape index (κ1) is 16.5. The molecule has 0 fully saturated rings. The molecule has 0 aliphatic carbocycles. The van der Waals surface area contributed by atoms with Crippen molar-refractivity contribution in [2.24, 2.45) is 0 Å². The highest BCUT2D eigenvalue weighted by Gasteiger charge is 2.06. The predicted molar refractivity (Wildman–Crippen MR) is 90.9 cm³/mol. The number of aryl methyl sites for hydroxylation is 1. The van der Waals surface area contributed by atoms with Crippen molar-refractivity contribution in [1.29, 1.82) is 0 Å². The molecule has 2 rings (SSSR count). The summed E-state index contributed by atoms with van der Waals surface area (Å²) in [7, 11) is 0. The molecule has 2 heteroatoms. The second-order valence-corrected chi connectivity index (χ2v) is 5.65. The third-order valence-electron chi connectivity index (χ3n) is 3.79. The molecule has 0 radical (unpaired) electrons. The zero-order valence-electron chi connectivity index (χ0n) is 13.6. The number of hydrogen-bond donors (Lipinski definition) is 0. The molecule has 1 nitrogen and oxygen atoms in total. The lowest BCUT2D eigenvalue weighted by molar-refractivity contribution is 0.294. The molecule has 0 aliphatic heterocycles. The van der Waals surface area contributed by atoms with E-state index in [9.17, 15) is 4.39 Å². The maximum Gasteiger partial charge on any atom is 0.165 e. The smallest absolute Gasteiger partial charge is 0.165 e. The summed E-state index contributed by atoms with van der Waals surface area (Å²) in [6.45, 7) is 4.85. The lowest BCUT2D eigenvalue weighted by Gasteiger charge is -2.09. The van der Waals surface area contributed by atoms with Gasteiger partial charge in [0.15, 0.2) is 11.6 Å². The molecule has 0 spiro atoms. The Morgan fingerprint density at radius 1 is 0.864 bits per heavy atom. The van der Waals surface area contributed by atoms with E-state index in [2.05, 4.69) is 38.1 Å². The summed E-state index contributed by atoms with van der Waals surface area (Å²) in [5.41, 5.74) is 3.27. The fraction of sp³-hybridized carbons (Fsp3) is 0.400. The Morgan fingerprint density at radius 2 is 1.55 bits per heavy atom. The molecule has 0 heterocycles. The van der Waals surface area contributed by atoms with Crippen LogP contribution in [-0.4, -0.2) is 6.61 Å². The minimum atomic E-state index is -0.288. The van der Waals surface area contributed by atoms with E-state index >= 15 is 0 Å². The molecule has 0 bridgehead atoms. The van der Waals surface area contributed by atoms with Gasteiger partial charge in [0.2, 0.25) is 0 Å². The van der Waals surface area contributed by atoms with Crippen LogP contribution in [0.4, 0.5) is 4.39 Å². The summed E-state index contributed by atoms with van der Waals surface area (Å²) in [5.74, 6) is 0.0560. The van der Waals surface area contributed by atoms with Crippen LogP contribution >= 0.6 is 0 Å². The van der Waals surface area contributed by atoms with E-state index in [1.165, 1.54) is 18.4 Å². The fourth-order valence-electron chi connectivity index (χ4n) is 2.37. The van der Waals surface area contributed by atoms with Gasteiger partial charge in [-0.1, -0.05) is 57.0 Å². The van der Waals surface area contributed by atoms with E-state index in [1.807, 2.05) is 6.07 Å².